The monoisotopic (exact) mass is 240 g/mol. The van der Waals surface area contributed by atoms with E-state index in [2.05, 4.69) is 9.47 Å². The summed E-state index contributed by atoms with van der Waals surface area (Å²) in [4.78, 5) is 22.4. The third kappa shape index (κ3) is 2.41. The Kier molecular flexibility index (Phi) is 3.24. The SMILES string of the molecule is CCOC(=O)OC(=O)[C@H]1C[C@@H]1c1ccsc1. The third-order valence-electron chi connectivity index (χ3n) is 2.51. The lowest BCUT2D eigenvalue weighted by molar-refractivity contribution is -0.141. The molecule has 0 spiro atoms. The molecule has 1 aromatic rings. The molecule has 0 amide bonds. The maximum atomic E-state index is 11.5. The van der Waals surface area contributed by atoms with E-state index >= 15 is 0 Å². The summed E-state index contributed by atoms with van der Waals surface area (Å²) in [6.07, 6.45) is -0.141. The number of ether oxygens (including phenoxy) is 2. The fourth-order valence-corrected chi connectivity index (χ4v) is 2.34. The first kappa shape index (κ1) is 11.1. The first-order chi connectivity index (χ1) is 7.72. The summed E-state index contributed by atoms with van der Waals surface area (Å²) in [6, 6.07) is 1.99. The van der Waals surface area contributed by atoms with Crippen molar-refractivity contribution < 1.29 is 19.1 Å². The lowest BCUT2D eigenvalue weighted by Crippen LogP contribution is -2.15. The highest BCUT2D eigenvalue weighted by atomic mass is 32.1. The molecule has 86 valence electrons. The zero-order chi connectivity index (χ0) is 11.5. The predicted molar refractivity (Wildman–Crippen MR) is 58.3 cm³/mol. The van der Waals surface area contributed by atoms with E-state index < -0.39 is 12.1 Å². The molecule has 0 N–H and O–H groups in total. The Hall–Kier alpha value is -1.36. The molecule has 1 aliphatic carbocycles. The van der Waals surface area contributed by atoms with Crippen LogP contribution < -0.4 is 0 Å². The van der Waals surface area contributed by atoms with Crippen LogP contribution in [0.1, 0.15) is 24.8 Å². The number of rotatable bonds is 3. The number of carbonyl (C=O) groups is 2. The highest BCUT2D eigenvalue weighted by molar-refractivity contribution is 7.08. The first-order valence-electron chi connectivity index (χ1n) is 5.13. The zero-order valence-corrected chi connectivity index (χ0v) is 9.66. The molecular formula is C11H12O4S. The summed E-state index contributed by atoms with van der Waals surface area (Å²) in [7, 11) is 0. The summed E-state index contributed by atoms with van der Waals surface area (Å²) in [5.41, 5.74) is 1.15. The smallest absolute Gasteiger partial charge is 0.434 e. The predicted octanol–water partition coefficient (Wildman–Crippen LogP) is 2.55. The van der Waals surface area contributed by atoms with Gasteiger partial charge in [0.2, 0.25) is 0 Å². The Morgan fingerprint density at radius 1 is 1.56 bits per heavy atom. The van der Waals surface area contributed by atoms with Crippen LogP contribution in [0.25, 0.3) is 0 Å². The average Bonchev–Trinajstić information content (AvgIpc) is 2.86. The van der Waals surface area contributed by atoms with E-state index in [0.717, 1.165) is 12.0 Å². The van der Waals surface area contributed by atoms with E-state index in [4.69, 9.17) is 0 Å². The van der Waals surface area contributed by atoms with Gasteiger partial charge in [-0.15, -0.1) is 0 Å². The number of hydrogen-bond acceptors (Lipinski definition) is 5. The molecule has 1 aromatic heterocycles. The number of hydrogen-bond donors (Lipinski definition) is 0. The summed E-state index contributed by atoms with van der Waals surface area (Å²) in [5.74, 6) is -0.443. The van der Waals surface area contributed by atoms with Gasteiger partial charge in [0.25, 0.3) is 0 Å². The maximum absolute atomic E-state index is 11.5. The standard InChI is InChI=1S/C11H12O4S/c1-2-14-11(13)15-10(12)9-5-8(9)7-3-4-16-6-7/h3-4,6,8-9H,2,5H2,1H3/t8-,9+/m1/s1. The minimum atomic E-state index is -0.900. The first-order valence-corrected chi connectivity index (χ1v) is 6.07. The molecule has 0 aliphatic heterocycles. The van der Waals surface area contributed by atoms with Crippen molar-refractivity contribution in [3.05, 3.63) is 22.4 Å². The van der Waals surface area contributed by atoms with Gasteiger partial charge >= 0.3 is 12.1 Å². The molecule has 4 nitrogen and oxygen atoms in total. The molecule has 2 atom stereocenters. The van der Waals surface area contributed by atoms with Crippen molar-refractivity contribution >= 4 is 23.5 Å². The Morgan fingerprint density at radius 2 is 2.38 bits per heavy atom. The lowest BCUT2D eigenvalue weighted by Gasteiger charge is -2.01. The van der Waals surface area contributed by atoms with Gasteiger partial charge in [-0.1, -0.05) is 0 Å². The highest BCUT2D eigenvalue weighted by Crippen LogP contribution is 2.48. The molecule has 0 radical (unpaired) electrons. The minimum absolute atomic E-state index is 0.181. The Balaban J connectivity index is 1.83. The van der Waals surface area contributed by atoms with Crippen molar-refractivity contribution in [3.63, 3.8) is 0 Å². The van der Waals surface area contributed by atoms with Crippen LogP contribution in [0.4, 0.5) is 4.79 Å². The Bertz CT molecular complexity index is 385. The normalized spacial score (nSPS) is 22.6. The van der Waals surface area contributed by atoms with Gasteiger partial charge in [-0.25, -0.2) is 4.79 Å². The van der Waals surface area contributed by atoms with Crippen molar-refractivity contribution in [1.82, 2.24) is 0 Å². The van der Waals surface area contributed by atoms with Crippen molar-refractivity contribution in [2.75, 3.05) is 6.61 Å². The quantitative estimate of drug-likeness (QED) is 0.602. The number of thiophene rings is 1. The van der Waals surface area contributed by atoms with Gasteiger partial charge in [0.1, 0.15) is 0 Å². The molecule has 0 bridgehead atoms. The fraction of sp³-hybridized carbons (Fsp3) is 0.455. The van der Waals surface area contributed by atoms with Gasteiger partial charge in [0.15, 0.2) is 0 Å². The van der Waals surface area contributed by atoms with Gasteiger partial charge in [0, 0.05) is 0 Å². The van der Waals surface area contributed by atoms with Gasteiger partial charge in [-0.05, 0) is 41.7 Å². The minimum Gasteiger partial charge on any atom is -0.434 e. The molecule has 0 unspecified atom stereocenters. The molecule has 2 rings (SSSR count). The van der Waals surface area contributed by atoms with Crippen LogP contribution in [0.2, 0.25) is 0 Å². The van der Waals surface area contributed by atoms with Gasteiger partial charge in [0.05, 0.1) is 12.5 Å². The van der Waals surface area contributed by atoms with Crippen LogP contribution in [0.3, 0.4) is 0 Å². The second-order valence-corrected chi connectivity index (χ2v) is 4.39. The molecule has 16 heavy (non-hydrogen) atoms. The molecule has 5 heteroatoms. The van der Waals surface area contributed by atoms with Crippen molar-refractivity contribution in [1.29, 1.82) is 0 Å². The second-order valence-electron chi connectivity index (χ2n) is 3.61. The average molecular weight is 240 g/mol. The number of esters is 1. The van der Waals surface area contributed by atoms with Gasteiger partial charge < -0.3 is 9.47 Å². The summed E-state index contributed by atoms with van der Waals surface area (Å²) < 4.78 is 9.08. The van der Waals surface area contributed by atoms with Crippen LogP contribution >= 0.6 is 11.3 Å². The molecule has 1 fully saturated rings. The van der Waals surface area contributed by atoms with Gasteiger partial charge in [-0.2, -0.15) is 11.3 Å². The fourth-order valence-electron chi connectivity index (χ4n) is 1.62. The maximum Gasteiger partial charge on any atom is 0.516 e. The third-order valence-corrected chi connectivity index (χ3v) is 3.21. The van der Waals surface area contributed by atoms with Crippen molar-refractivity contribution in [2.24, 2.45) is 5.92 Å². The largest absolute Gasteiger partial charge is 0.516 e. The zero-order valence-electron chi connectivity index (χ0n) is 8.84. The topological polar surface area (TPSA) is 52.6 Å². The molecular weight excluding hydrogens is 228 g/mol. The summed E-state index contributed by atoms with van der Waals surface area (Å²) in [6.45, 7) is 1.88. The van der Waals surface area contributed by atoms with Crippen LogP contribution in [-0.2, 0) is 14.3 Å². The van der Waals surface area contributed by atoms with E-state index in [-0.39, 0.29) is 18.4 Å². The van der Waals surface area contributed by atoms with Gasteiger partial charge in [-0.3, -0.25) is 4.79 Å². The van der Waals surface area contributed by atoms with Crippen LogP contribution in [-0.4, -0.2) is 18.7 Å². The molecule has 1 heterocycles. The summed E-state index contributed by atoms with van der Waals surface area (Å²) >= 11 is 1.60. The van der Waals surface area contributed by atoms with Crippen LogP contribution in [0.15, 0.2) is 16.8 Å². The van der Waals surface area contributed by atoms with E-state index in [9.17, 15) is 9.59 Å². The van der Waals surface area contributed by atoms with Crippen LogP contribution in [0.5, 0.6) is 0 Å². The molecule has 0 saturated heterocycles. The number of carbonyl (C=O) groups excluding carboxylic acids is 2. The highest BCUT2D eigenvalue weighted by Gasteiger charge is 2.46. The molecule has 1 saturated carbocycles. The van der Waals surface area contributed by atoms with Crippen molar-refractivity contribution in [3.8, 4) is 0 Å². The Morgan fingerprint density at radius 3 is 3.00 bits per heavy atom. The van der Waals surface area contributed by atoms with E-state index in [1.54, 1.807) is 18.3 Å². The summed E-state index contributed by atoms with van der Waals surface area (Å²) in [5, 5.41) is 3.99. The molecule has 0 aromatic carbocycles. The van der Waals surface area contributed by atoms with E-state index in [1.165, 1.54) is 0 Å². The van der Waals surface area contributed by atoms with Crippen LogP contribution in [0, 0.1) is 5.92 Å². The van der Waals surface area contributed by atoms with E-state index in [0.29, 0.717) is 0 Å². The second kappa shape index (κ2) is 4.65. The lowest BCUT2D eigenvalue weighted by atomic mass is 10.2. The molecule has 1 aliphatic rings. The van der Waals surface area contributed by atoms with E-state index in [1.807, 2.05) is 16.8 Å². The van der Waals surface area contributed by atoms with Crippen molar-refractivity contribution in [2.45, 2.75) is 19.3 Å². The Labute approximate surface area is 97.2 Å².